The molecule has 2 amide bonds. The number of aromatic hydroxyl groups is 1. The number of thioether (sulfide) groups is 1. The first-order chi connectivity index (χ1) is 15.6. The summed E-state index contributed by atoms with van der Waals surface area (Å²) >= 11 is 4.23. The number of carbonyl (C=O) groups excluding carboxylic acids is 2. The second-order valence-corrected chi connectivity index (χ2v) is 8.97. The Morgan fingerprint density at radius 2 is 2.03 bits per heavy atom. The number of hydrogen-bond acceptors (Lipinski definition) is 6. The van der Waals surface area contributed by atoms with Crippen LogP contribution in [-0.4, -0.2) is 32.3 Å². The molecule has 0 bridgehead atoms. The van der Waals surface area contributed by atoms with Crippen LogP contribution in [0.15, 0.2) is 62.2 Å². The average Bonchev–Trinajstić information content (AvgIpc) is 3.24. The molecule has 0 fully saturated rings. The zero-order valence-electron chi connectivity index (χ0n) is 16.4. The maximum absolute atomic E-state index is 12.8. The fraction of sp³-hybridized carbons (Fsp3) is 0.150. The van der Waals surface area contributed by atoms with E-state index in [-0.39, 0.29) is 28.8 Å². The summed E-state index contributed by atoms with van der Waals surface area (Å²) in [6, 6.07) is 9.44. The van der Waals surface area contributed by atoms with Gasteiger partial charge in [0.05, 0.1) is 11.1 Å². The molecule has 0 saturated carbocycles. The number of fused-ring (bicyclic) bond motifs is 1. The summed E-state index contributed by atoms with van der Waals surface area (Å²) in [6.45, 7) is 0. The molecule has 1 unspecified atom stereocenters. The first-order valence-electron chi connectivity index (χ1n) is 9.28. The summed E-state index contributed by atoms with van der Waals surface area (Å²) in [5.41, 5.74) is -0.143. The summed E-state index contributed by atoms with van der Waals surface area (Å²) in [4.78, 5) is 30.9. The van der Waals surface area contributed by atoms with Crippen LogP contribution in [-0.2, 0) is 15.8 Å². The van der Waals surface area contributed by atoms with Crippen molar-refractivity contribution in [1.29, 1.82) is 0 Å². The van der Waals surface area contributed by atoms with Gasteiger partial charge in [0.2, 0.25) is 17.0 Å². The molecule has 2 heterocycles. The third kappa shape index (κ3) is 5.25. The SMILES string of the molecule is O=C(CC1SC(N=Nc2c(O)[nH]c3ccc(Br)cc23)=NC1=O)Nc1cccc(C(F)(F)F)c1. The van der Waals surface area contributed by atoms with Crippen LogP contribution < -0.4 is 5.32 Å². The van der Waals surface area contributed by atoms with E-state index in [2.05, 4.69) is 41.5 Å². The van der Waals surface area contributed by atoms with Crippen molar-refractivity contribution in [3.8, 4) is 5.88 Å². The maximum Gasteiger partial charge on any atom is 0.416 e. The van der Waals surface area contributed by atoms with E-state index in [0.29, 0.717) is 10.9 Å². The maximum atomic E-state index is 12.8. The zero-order valence-corrected chi connectivity index (χ0v) is 18.8. The van der Waals surface area contributed by atoms with Crippen molar-refractivity contribution in [2.75, 3.05) is 5.32 Å². The summed E-state index contributed by atoms with van der Waals surface area (Å²) in [7, 11) is 0. The highest BCUT2D eigenvalue weighted by Gasteiger charge is 2.32. The highest BCUT2D eigenvalue weighted by atomic mass is 79.9. The molecule has 3 aromatic rings. The van der Waals surface area contributed by atoms with Crippen molar-refractivity contribution in [3.05, 3.63) is 52.5 Å². The van der Waals surface area contributed by atoms with Gasteiger partial charge in [-0.3, -0.25) is 9.59 Å². The summed E-state index contributed by atoms with van der Waals surface area (Å²) in [5.74, 6) is -1.47. The largest absolute Gasteiger partial charge is 0.493 e. The smallest absolute Gasteiger partial charge is 0.416 e. The number of amidine groups is 1. The summed E-state index contributed by atoms with van der Waals surface area (Å²) in [6.07, 6.45) is -4.85. The number of nitrogens with one attached hydrogen (secondary N) is 2. The molecule has 0 aliphatic carbocycles. The summed E-state index contributed by atoms with van der Waals surface area (Å²) < 4.78 is 39.2. The van der Waals surface area contributed by atoms with E-state index in [9.17, 15) is 27.9 Å². The van der Waals surface area contributed by atoms with Gasteiger partial charge in [0.25, 0.3) is 5.91 Å². The highest BCUT2D eigenvalue weighted by Crippen LogP contribution is 2.38. The fourth-order valence-electron chi connectivity index (χ4n) is 3.03. The van der Waals surface area contributed by atoms with Gasteiger partial charge in [-0.25, -0.2) is 0 Å². The summed E-state index contributed by atoms with van der Waals surface area (Å²) in [5, 5.41) is 20.0. The normalized spacial score (nSPS) is 16.5. The lowest BCUT2D eigenvalue weighted by Gasteiger charge is -2.11. The minimum absolute atomic E-state index is 0.000570. The van der Waals surface area contributed by atoms with Crippen molar-refractivity contribution < 1.29 is 27.9 Å². The third-order valence-corrected chi connectivity index (χ3v) is 6.05. The molecule has 170 valence electrons. The number of hydrogen-bond donors (Lipinski definition) is 3. The van der Waals surface area contributed by atoms with Gasteiger partial charge in [-0.2, -0.15) is 18.2 Å². The molecule has 4 rings (SSSR count). The van der Waals surface area contributed by atoms with Crippen molar-refractivity contribution in [2.45, 2.75) is 17.8 Å². The molecule has 1 aromatic heterocycles. The number of alkyl halides is 3. The number of H-pyrrole nitrogens is 1. The van der Waals surface area contributed by atoms with Gasteiger partial charge in [0.15, 0.2) is 5.69 Å². The third-order valence-electron chi connectivity index (χ3n) is 4.52. The molecule has 13 heteroatoms. The van der Waals surface area contributed by atoms with Crippen LogP contribution in [0.4, 0.5) is 24.5 Å². The van der Waals surface area contributed by atoms with Crippen LogP contribution >= 0.6 is 27.7 Å². The molecular weight excluding hydrogens is 527 g/mol. The Kier molecular flexibility index (Phi) is 6.26. The van der Waals surface area contributed by atoms with Gasteiger partial charge < -0.3 is 15.4 Å². The second-order valence-electron chi connectivity index (χ2n) is 6.88. The second kappa shape index (κ2) is 8.98. The number of aromatic amines is 1. The lowest BCUT2D eigenvalue weighted by atomic mass is 10.2. The van der Waals surface area contributed by atoms with Crippen molar-refractivity contribution in [3.63, 3.8) is 0 Å². The molecule has 1 atom stereocenters. The number of aliphatic imine (C=N–C) groups is 1. The topological polar surface area (TPSA) is 119 Å². The van der Waals surface area contributed by atoms with Gasteiger partial charge >= 0.3 is 6.18 Å². The molecular formula is C20H13BrF3N5O3S. The first kappa shape index (κ1) is 23.0. The minimum Gasteiger partial charge on any atom is -0.493 e. The molecule has 1 aliphatic rings. The van der Waals surface area contributed by atoms with Gasteiger partial charge in [0.1, 0.15) is 5.25 Å². The monoisotopic (exact) mass is 539 g/mol. The van der Waals surface area contributed by atoms with Gasteiger partial charge in [-0.1, -0.05) is 33.8 Å². The average molecular weight is 540 g/mol. The van der Waals surface area contributed by atoms with E-state index in [1.807, 2.05) is 0 Å². The Hall–Kier alpha value is -3.19. The molecule has 1 aliphatic heterocycles. The number of benzene rings is 2. The molecule has 0 saturated heterocycles. The number of rotatable bonds is 4. The number of aromatic nitrogens is 1. The molecule has 0 radical (unpaired) electrons. The lowest BCUT2D eigenvalue weighted by molar-refractivity contribution is -0.137. The number of anilines is 1. The van der Waals surface area contributed by atoms with Crippen molar-refractivity contribution in [1.82, 2.24) is 4.98 Å². The number of azo groups is 1. The molecule has 3 N–H and O–H groups in total. The van der Waals surface area contributed by atoms with Gasteiger partial charge in [0, 0.05) is 22.0 Å². The van der Waals surface area contributed by atoms with Crippen LogP contribution in [0.5, 0.6) is 5.88 Å². The van der Waals surface area contributed by atoms with Gasteiger partial charge in [-0.05, 0) is 36.4 Å². The number of carbonyl (C=O) groups is 2. The predicted octanol–water partition coefficient (Wildman–Crippen LogP) is 5.77. The van der Waals surface area contributed by atoms with Crippen molar-refractivity contribution >= 4 is 67.0 Å². The van der Waals surface area contributed by atoms with E-state index >= 15 is 0 Å². The molecule has 0 spiro atoms. The Morgan fingerprint density at radius 3 is 2.79 bits per heavy atom. The lowest BCUT2D eigenvalue weighted by Crippen LogP contribution is -2.21. The Morgan fingerprint density at radius 1 is 1.24 bits per heavy atom. The quantitative estimate of drug-likeness (QED) is 0.365. The highest BCUT2D eigenvalue weighted by molar-refractivity contribution is 9.10. The number of nitrogens with zero attached hydrogens (tertiary/aromatic N) is 3. The van der Waals surface area contributed by atoms with Crippen LogP contribution in [0.2, 0.25) is 0 Å². The van der Waals surface area contributed by atoms with E-state index < -0.39 is 28.8 Å². The van der Waals surface area contributed by atoms with E-state index in [1.165, 1.54) is 12.1 Å². The molecule has 8 nitrogen and oxygen atoms in total. The van der Waals surface area contributed by atoms with E-state index in [0.717, 1.165) is 28.4 Å². The number of amides is 2. The molecule has 33 heavy (non-hydrogen) atoms. The van der Waals surface area contributed by atoms with Crippen LogP contribution in [0.1, 0.15) is 12.0 Å². The van der Waals surface area contributed by atoms with Crippen molar-refractivity contribution in [2.24, 2.45) is 15.2 Å². The standard InChI is InChI=1S/C20H13BrF3N5O3S/c21-10-4-5-13-12(7-10)16(18(32)26-13)28-29-19-27-17(31)14(33-19)8-15(30)25-11-3-1-2-9(6-11)20(22,23)24/h1-7,14,26,32H,8H2,(H,25,30). The van der Waals surface area contributed by atoms with Gasteiger partial charge in [-0.15, -0.1) is 10.2 Å². The zero-order chi connectivity index (χ0) is 23.8. The van der Waals surface area contributed by atoms with E-state index in [4.69, 9.17) is 0 Å². The minimum atomic E-state index is -4.54. The van der Waals surface area contributed by atoms with Crippen LogP contribution in [0, 0.1) is 0 Å². The molecule has 2 aromatic carbocycles. The van der Waals surface area contributed by atoms with Crippen LogP contribution in [0.3, 0.4) is 0 Å². The Bertz CT molecular complexity index is 1320. The Labute approximate surface area is 196 Å². The Balaban J connectivity index is 1.41. The van der Waals surface area contributed by atoms with Crippen LogP contribution in [0.25, 0.3) is 10.9 Å². The van der Waals surface area contributed by atoms with E-state index in [1.54, 1.807) is 18.2 Å². The predicted molar refractivity (Wildman–Crippen MR) is 121 cm³/mol. The number of halogens is 4. The first-order valence-corrected chi connectivity index (χ1v) is 11.0. The fourth-order valence-corrected chi connectivity index (χ4v) is 4.26.